The molecular weight excluding hydrogens is 412 g/mol. The molecule has 0 saturated carbocycles. The van der Waals surface area contributed by atoms with Crippen LogP contribution >= 0.6 is 0 Å². The molecule has 1 atom stereocenters. The van der Waals surface area contributed by atoms with Crippen LogP contribution in [-0.4, -0.2) is 86.2 Å². The Morgan fingerprint density at radius 2 is 2.03 bits per heavy atom. The van der Waals surface area contributed by atoms with Crippen molar-refractivity contribution in [2.75, 3.05) is 40.3 Å². The summed E-state index contributed by atoms with van der Waals surface area (Å²) < 4.78 is 6.09. The molecule has 0 radical (unpaired) electrons. The van der Waals surface area contributed by atoms with Crippen molar-refractivity contribution in [1.29, 1.82) is 0 Å². The van der Waals surface area contributed by atoms with Gasteiger partial charge in [0.1, 0.15) is 17.9 Å². The van der Waals surface area contributed by atoms with E-state index >= 15 is 0 Å². The molecule has 1 aromatic rings. The van der Waals surface area contributed by atoms with E-state index in [1.54, 1.807) is 18.2 Å². The van der Waals surface area contributed by atoms with Crippen LogP contribution in [-0.2, 0) is 9.59 Å². The van der Waals surface area contributed by atoms with E-state index in [1.165, 1.54) is 11.9 Å². The minimum atomic E-state index is -0.742. The summed E-state index contributed by atoms with van der Waals surface area (Å²) in [5, 5.41) is 5.41. The van der Waals surface area contributed by atoms with Crippen LogP contribution in [0.15, 0.2) is 18.2 Å². The molecule has 2 heterocycles. The Morgan fingerprint density at radius 1 is 1.28 bits per heavy atom. The van der Waals surface area contributed by atoms with E-state index in [-0.39, 0.29) is 36.0 Å². The number of amides is 3. The van der Waals surface area contributed by atoms with Crippen LogP contribution in [0.25, 0.3) is 0 Å². The van der Waals surface area contributed by atoms with Gasteiger partial charge in [-0.2, -0.15) is 0 Å². The summed E-state index contributed by atoms with van der Waals surface area (Å²) in [5.74, 6) is -0.725. The van der Waals surface area contributed by atoms with Crippen LogP contribution < -0.4 is 15.4 Å². The number of ether oxygens (including phenoxy) is 1. The molecule has 2 N–H and O–H groups in total. The highest BCUT2D eigenvalue weighted by molar-refractivity contribution is 6.06. The van der Waals surface area contributed by atoms with E-state index in [1.807, 2.05) is 7.05 Å². The van der Waals surface area contributed by atoms with Gasteiger partial charge in [0.25, 0.3) is 5.91 Å². The van der Waals surface area contributed by atoms with Crippen LogP contribution in [0.3, 0.4) is 0 Å². The molecule has 2 fully saturated rings. The lowest BCUT2D eigenvalue weighted by molar-refractivity contribution is -0.136. The van der Waals surface area contributed by atoms with Gasteiger partial charge in [0.15, 0.2) is 6.29 Å². The lowest BCUT2D eigenvalue weighted by Gasteiger charge is -2.32. The summed E-state index contributed by atoms with van der Waals surface area (Å²) in [7, 11) is 3.46. The second kappa shape index (κ2) is 11.2. The lowest BCUT2D eigenvalue weighted by atomic mass is 10.0. The number of carbonyl (C=O) groups is 4. The van der Waals surface area contributed by atoms with Crippen molar-refractivity contribution in [2.45, 2.75) is 44.2 Å². The molecule has 174 valence electrons. The molecule has 1 aromatic carbocycles. The Balaban J connectivity index is 1.60. The molecule has 0 bridgehead atoms. The molecule has 2 aliphatic rings. The average molecular weight is 445 g/mol. The second-order valence-electron chi connectivity index (χ2n) is 8.37. The predicted molar refractivity (Wildman–Crippen MR) is 119 cm³/mol. The normalized spacial score (nSPS) is 20.0. The molecule has 1 unspecified atom stereocenters. The molecule has 3 amide bonds. The molecule has 9 heteroatoms. The first-order valence-electron chi connectivity index (χ1n) is 11.2. The molecule has 32 heavy (non-hydrogen) atoms. The Kier molecular flexibility index (Phi) is 8.35. The van der Waals surface area contributed by atoms with Crippen molar-refractivity contribution in [3.05, 3.63) is 29.3 Å². The first kappa shape index (κ1) is 23.9. The van der Waals surface area contributed by atoms with Crippen molar-refractivity contribution in [1.82, 2.24) is 20.4 Å². The zero-order chi connectivity index (χ0) is 23.1. The molecule has 2 saturated heterocycles. The number of piperidine rings is 2. The van der Waals surface area contributed by atoms with Crippen LogP contribution in [0, 0.1) is 0 Å². The largest absolute Gasteiger partial charge is 0.490 e. The molecule has 0 aromatic heterocycles. The third-order valence-electron chi connectivity index (χ3n) is 6.12. The van der Waals surface area contributed by atoms with E-state index in [9.17, 15) is 19.2 Å². The van der Waals surface area contributed by atoms with Crippen molar-refractivity contribution in [3.63, 3.8) is 0 Å². The van der Waals surface area contributed by atoms with Crippen LogP contribution in [0.1, 0.15) is 52.8 Å². The van der Waals surface area contributed by atoms with E-state index < -0.39 is 17.9 Å². The average Bonchev–Trinajstić information content (AvgIpc) is 2.79. The van der Waals surface area contributed by atoms with Gasteiger partial charge in [0.2, 0.25) is 11.8 Å². The number of likely N-dealkylation sites (tertiary alicyclic amines) is 1. The molecule has 9 nitrogen and oxygen atoms in total. The van der Waals surface area contributed by atoms with Gasteiger partial charge in [0.05, 0.1) is 5.56 Å². The van der Waals surface area contributed by atoms with Crippen molar-refractivity contribution in [2.24, 2.45) is 0 Å². The molecule has 0 aliphatic carbocycles. The predicted octanol–water partition coefficient (Wildman–Crippen LogP) is 0.829. The van der Waals surface area contributed by atoms with Crippen LogP contribution in [0.4, 0.5) is 0 Å². The van der Waals surface area contributed by atoms with E-state index in [0.717, 1.165) is 45.4 Å². The van der Waals surface area contributed by atoms with E-state index in [4.69, 9.17) is 4.74 Å². The maximum atomic E-state index is 12.9. The number of benzene rings is 1. The van der Waals surface area contributed by atoms with E-state index in [2.05, 4.69) is 15.5 Å². The standard InChI is InChI=1S/C23H32N4O5/c1-24-10-3-11-27-12-8-17(9-13-27)32-18-4-5-19(16(14-18)15-28)23(31)26(2)20-6-7-21(29)25-22(20)30/h4-5,14-15,17,20,24H,3,6-13H2,1-2H3,(H,25,29,30). The third-order valence-corrected chi connectivity index (χ3v) is 6.12. The summed E-state index contributed by atoms with van der Waals surface area (Å²) in [4.78, 5) is 51.8. The van der Waals surface area contributed by atoms with Gasteiger partial charge in [-0.1, -0.05) is 0 Å². The Labute approximate surface area is 188 Å². The van der Waals surface area contributed by atoms with Gasteiger partial charge in [0, 0.05) is 32.1 Å². The lowest BCUT2D eigenvalue weighted by Crippen LogP contribution is -2.53. The summed E-state index contributed by atoms with van der Waals surface area (Å²) in [6, 6.07) is 4.10. The van der Waals surface area contributed by atoms with Gasteiger partial charge >= 0.3 is 0 Å². The minimum absolute atomic E-state index is 0.0720. The SMILES string of the molecule is CNCCCN1CCC(Oc2ccc(C(=O)N(C)C3CCC(=O)NC3=O)c(C=O)c2)CC1. The highest BCUT2D eigenvalue weighted by Crippen LogP contribution is 2.24. The van der Waals surface area contributed by atoms with Crippen molar-refractivity contribution < 1.29 is 23.9 Å². The Hall–Kier alpha value is -2.78. The van der Waals surface area contributed by atoms with Gasteiger partial charge in [-0.25, -0.2) is 0 Å². The minimum Gasteiger partial charge on any atom is -0.490 e. The highest BCUT2D eigenvalue weighted by Gasteiger charge is 2.33. The van der Waals surface area contributed by atoms with Crippen LogP contribution in [0.2, 0.25) is 0 Å². The van der Waals surface area contributed by atoms with Crippen molar-refractivity contribution in [3.8, 4) is 5.75 Å². The number of nitrogens with zero attached hydrogens (tertiary/aromatic N) is 2. The quantitative estimate of drug-likeness (QED) is 0.330. The molecule has 0 spiro atoms. The maximum absolute atomic E-state index is 12.9. The number of likely N-dealkylation sites (N-methyl/N-ethyl adjacent to an activating group) is 1. The number of aldehydes is 1. The Morgan fingerprint density at radius 3 is 2.69 bits per heavy atom. The number of imide groups is 1. The summed E-state index contributed by atoms with van der Waals surface area (Å²) in [6.07, 6.45) is 4.08. The first-order valence-corrected chi connectivity index (χ1v) is 11.2. The number of nitrogens with one attached hydrogen (secondary N) is 2. The van der Waals surface area contributed by atoms with Crippen molar-refractivity contribution >= 4 is 24.0 Å². The zero-order valence-corrected chi connectivity index (χ0v) is 18.8. The molecule has 3 rings (SSSR count). The summed E-state index contributed by atoms with van der Waals surface area (Å²) in [6.45, 7) is 4.03. The first-order chi connectivity index (χ1) is 15.4. The second-order valence-corrected chi connectivity index (χ2v) is 8.37. The topological polar surface area (TPSA) is 108 Å². The number of hydrogen-bond acceptors (Lipinski definition) is 7. The molecular formula is C23H32N4O5. The van der Waals surface area contributed by atoms with Gasteiger partial charge < -0.3 is 19.9 Å². The van der Waals surface area contributed by atoms with Gasteiger partial charge in [-0.15, -0.1) is 0 Å². The fourth-order valence-corrected chi connectivity index (χ4v) is 4.21. The van der Waals surface area contributed by atoms with Crippen LogP contribution in [0.5, 0.6) is 5.75 Å². The fraction of sp³-hybridized carbons (Fsp3) is 0.565. The highest BCUT2D eigenvalue weighted by atomic mass is 16.5. The third kappa shape index (κ3) is 5.92. The smallest absolute Gasteiger partial charge is 0.255 e. The summed E-state index contributed by atoms with van der Waals surface area (Å²) in [5.41, 5.74) is 0.426. The monoisotopic (exact) mass is 444 g/mol. The summed E-state index contributed by atoms with van der Waals surface area (Å²) >= 11 is 0. The number of rotatable bonds is 9. The Bertz CT molecular complexity index is 851. The van der Waals surface area contributed by atoms with E-state index in [0.29, 0.717) is 12.0 Å². The maximum Gasteiger partial charge on any atom is 0.255 e. The number of hydrogen-bond donors (Lipinski definition) is 2. The van der Waals surface area contributed by atoms with Gasteiger partial charge in [-0.3, -0.25) is 24.5 Å². The van der Waals surface area contributed by atoms with Gasteiger partial charge in [-0.05, 0) is 64.0 Å². The fourth-order valence-electron chi connectivity index (χ4n) is 4.21. The molecule has 2 aliphatic heterocycles. The number of carbonyl (C=O) groups excluding carboxylic acids is 4. The zero-order valence-electron chi connectivity index (χ0n) is 18.8.